The van der Waals surface area contributed by atoms with E-state index in [1.807, 2.05) is 27.0 Å². The Morgan fingerprint density at radius 2 is 2.33 bits per heavy atom. The number of aryl methyl sites for hydroxylation is 1. The predicted octanol–water partition coefficient (Wildman–Crippen LogP) is 1.37. The Bertz CT molecular complexity index is 397. The van der Waals surface area contributed by atoms with Gasteiger partial charge in [0.15, 0.2) is 0 Å². The van der Waals surface area contributed by atoms with Gasteiger partial charge in [0, 0.05) is 25.2 Å². The molecule has 1 saturated heterocycles. The fourth-order valence-electron chi connectivity index (χ4n) is 2.48. The number of nitrogens with zero attached hydrogens (tertiary/aromatic N) is 3. The zero-order chi connectivity index (χ0) is 13.0. The van der Waals surface area contributed by atoms with Gasteiger partial charge in [0.05, 0.1) is 6.61 Å². The van der Waals surface area contributed by atoms with Crippen molar-refractivity contribution in [3.63, 3.8) is 0 Å². The quantitative estimate of drug-likeness (QED) is 0.855. The van der Waals surface area contributed by atoms with Crippen LogP contribution in [0.15, 0.2) is 6.07 Å². The van der Waals surface area contributed by atoms with Gasteiger partial charge in [0.2, 0.25) is 5.88 Å². The maximum Gasteiger partial charge on any atom is 0.218 e. The molecule has 0 radical (unpaired) electrons. The van der Waals surface area contributed by atoms with E-state index in [2.05, 4.69) is 20.2 Å². The monoisotopic (exact) mass is 250 g/mol. The average Bonchev–Trinajstić information content (AvgIpc) is 2.77. The lowest BCUT2D eigenvalue weighted by Crippen LogP contribution is -2.37. The van der Waals surface area contributed by atoms with Crippen molar-refractivity contribution >= 4 is 5.82 Å². The van der Waals surface area contributed by atoms with E-state index in [9.17, 15) is 0 Å². The van der Waals surface area contributed by atoms with Gasteiger partial charge in [0.1, 0.15) is 11.6 Å². The highest BCUT2D eigenvalue weighted by molar-refractivity contribution is 5.44. The van der Waals surface area contributed by atoms with E-state index < -0.39 is 0 Å². The van der Waals surface area contributed by atoms with Gasteiger partial charge in [-0.3, -0.25) is 0 Å². The maximum absolute atomic E-state index is 5.49. The topological polar surface area (TPSA) is 50.3 Å². The van der Waals surface area contributed by atoms with E-state index in [1.54, 1.807) is 0 Å². The molecule has 2 rings (SSSR count). The standard InChI is InChI=1S/C13H22N4O/c1-4-18-13-8-12(15-10(2)16-13)17-7-5-6-11(17)9-14-3/h8,11,14H,4-7,9H2,1-3H3. The van der Waals surface area contributed by atoms with Crippen LogP contribution < -0.4 is 15.0 Å². The fraction of sp³-hybridized carbons (Fsp3) is 0.692. The number of ether oxygens (including phenoxy) is 1. The van der Waals surface area contributed by atoms with Gasteiger partial charge in [-0.2, -0.15) is 4.98 Å². The number of hydrogen-bond donors (Lipinski definition) is 1. The Hall–Kier alpha value is -1.36. The molecule has 1 atom stereocenters. The first kappa shape index (κ1) is 13.1. The molecular weight excluding hydrogens is 228 g/mol. The molecule has 100 valence electrons. The molecule has 2 heterocycles. The number of aromatic nitrogens is 2. The van der Waals surface area contributed by atoms with Crippen LogP contribution in [0.4, 0.5) is 5.82 Å². The van der Waals surface area contributed by atoms with Crippen molar-refractivity contribution in [3.05, 3.63) is 11.9 Å². The molecule has 0 saturated carbocycles. The number of rotatable bonds is 5. The minimum Gasteiger partial charge on any atom is -0.478 e. The van der Waals surface area contributed by atoms with Gasteiger partial charge >= 0.3 is 0 Å². The molecule has 1 fully saturated rings. The molecule has 1 aromatic heterocycles. The number of anilines is 1. The average molecular weight is 250 g/mol. The largest absolute Gasteiger partial charge is 0.478 e. The van der Waals surface area contributed by atoms with Crippen LogP contribution in [0, 0.1) is 6.92 Å². The highest BCUT2D eigenvalue weighted by Crippen LogP contribution is 2.25. The van der Waals surface area contributed by atoms with Crippen LogP contribution >= 0.6 is 0 Å². The Morgan fingerprint density at radius 3 is 3.06 bits per heavy atom. The summed E-state index contributed by atoms with van der Waals surface area (Å²) in [5.41, 5.74) is 0. The van der Waals surface area contributed by atoms with Crippen molar-refractivity contribution in [2.75, 3.05) is 31.6 Å². The summed E-state index contributed by atoms with van der Waals surface area (Å²) >= 11 is 0. The third kappa shape index (κ3) is 2.90. The summed E-state index contributed by atoms with van der Waals surface area (Å²) in [6.07, 6.45) is 2.44. The lowest BCUT2D eigenvalue weighted by Gasteiger charge is -2.26. The maximum atomic E-state index is 5.49. The molecule has 1 N–H and O–H groups in total. The second-order valence-electron chi connectivity index (χ2n) is 4.59. The lowest BCUT2D eigenvalue weighted by molar-refractivity contribution is 0.325. The Kier molecular flexibility index (Phi) is 4.36. The summed E-state index contributed by atoms with van der Waals surface area (Å²) in [4.78, 5) is 11.2. The lowest BCUT2D eigenvalue weighted by atomic mass is 10.2. The first-order valence-electron chi connectivity index (χ1n) is 6.64. The van der Waals surface area contributed by atoms with E-state index in [0.29, 0.717) is 18.5 Å². The van der Waals surface area contributed by atoms with Crippen LogP contribution in [0.2, 0.25) is 0 Å². The van der Waals surface area contributed by atoms with E-state index >= 15 is 0 Å². The van der Waals surface area contributed by atoms with Gasteiger partial charge in [-0.05, 0) is 33.7 Å². The van der Waals surface area contributed by atoms with Crippen LogP contribution in [0.25, 0.3) is 0 Å². The van der Waals surface area contributed by atoms with Crippen molar-refractivity contribution in [2.45, 2.75) is 32.7 Å². The van der Waals surface area contributed by atoms with Crippen molar-refractivity contribution < 1.29 is 4.74 Å². The molecule has 0 aromatic carbocycles. The van der Waals surface area contributed by atoms with Crippen LogP contribution in [0.1, 0.15) is 25.6 Å². The molecule has 0 amide bonds. The van der Waals surface area contributed by atoms with Crippen LogP contribution in [0.3, 0.4) is 0 Å². The third-order valence-electron chi connectivity index (χ3n) is 3.20. The smallest absolute Gasteiger partial charge is 0.218 e. The van der Waals surface area contributed by atoms with Gasteiger partial charge in [-0.25, -0.2) is 4.98 Å². The van der Waals surface area contributed by atoms with Crippen molar-refractivity contribution in [2.24, 2.45) is 0 Å². The summed E-state index contributed by atoms with van der Waals surface area (Å²) in [6, 6.07) is 2.48. The summed E-state index contributed by atoms with van der Waals surface area (Å²) in [6.45, 7) is 6.57. The van der Waals surface area contributed by atoms with Crippen LogP contribution in [-0.2, 0) is 0 Å². The molecule has 1 aromatic rings. The molecule has 0 aliphatic carbocycles. The molecule has 1 unspecified atom stereocenters. The Labute approximate surface area is 109 Å². The molecule has 0 spiro atoms. The Morgan fingerprint density at radius 1 is 1.50 bits per heavy atom. The minimum atomic E-state index is 0.527. The molecule has 5 heteroatoms. The van der Waals surface area contributed by atoms with Crippen LogP contribution in [-0.4, -0.2) is 42.8 Å². The normalized spacial score (nSPS) is 19.3. The Balaban J connectivity index is 2.20. The van der Waals surface area contributed by atoms with Crippen LogP contribution in [0.5, 0.6) is 5.88 Å². The second-order valence-corrected chi connectivity index (χ2v) is 4.59. The van der Waals surface area contributed by atoms with Gasteiger partial charge < -0.3 is 15.0 Å². The highest BCUT2D eigenvalue weighted by Gasteiger charge is 2.25. The molecule has 5 nitrogen and oxygen atoms in total. The van der Waals surface area contributed by atoms with Gasteiger partial charge in [0.25, 0.3) is 0 Å². The van der Waals surface area contributed by atoms with Crippen molar-refractivity contribution in [1.82, 2.24) is 15.3 Å². The summed E-state index contributed by atoms with van der Waals surface area (Å²) in [5.74, 6) is 2.44. The SMILES string of the molecule is CCOc1cc(N2CCCC2CNC)nc(C)n1. The second kappa shape index (κ2) is 6.00. The zero-order valence-corrected chi connectivity index (χ0v) is 11.4. The van der Waals surface area contributed by atoms with Crippen molar-refractivity contribution in [3.8, 4) is 5.88 Å². The number of likely N-dealkylation sites (N-methyl/N-ethyl adjacent to an activating group) is 1. The van der Waals surface area contributed by atoms with E-state index in [0.717, 1.165) is 24.7 Å². The van der Waals surface area contributed by atoms with Gasteiger partial charge in [-0.15, -0.1) is 0 Å². The summed E-state index contributed by atoms with van der Waals surface area (Å²) < 4.78 is 5.49. The minimum absolute atomic E-state index is 0.527. The molecule has 1 aliphatic rings. The number of hydrogen-bond acceptors (Lipinski definition) is 5. The molecule has 18 heavy (non-hydrogen) atoms. The van der Waals surface area contributed by atoms with E-state index in [1.165, 1.54) is 12.8 Å². The number of nitrogens with one attached hydrogen (secondary N) is 1. The van der Waals surface area contributed by atoms with Gasteiger partial charge in [-0.1, -0.05) is 0 Å². The first-order chi connectivity index (χ1) is 8.74. The van der Waals surface area contributed by atoms with E-state index in [4.69, 9.17) is 4.74 Å². The summed E-state index contributed by atoms with van der Waals surface area (Å²) in [5, 5.41) is 3.25. The fourth-order valence-corrected chi connectivity index (χ4v) is 2.48. The molecule has 0 bridgehead atoms. The summed E-state index contributed by atoms with van der Waals surface area (Å²) in [7, 11) is 1.99. The molecule has 1 aliphatic heterocycles. The molecular formula is C13H22N4O. The third-order valence-corrected chi connectivity index (χ3v) is 3.20. The predicted molar refractivity (Wildman–Crippen MR) is 72.2 cm³/mol. The van der Waals surface area contributed by atoms with E-state index in [-0.39, 0.29) is 0 Å². The highest BCUT2D eigenvalue weighted by atomic mass is 16.5. The van der Waals surface area contributed by atoms with Crippen molar-refractivity contribution in [1.29, 1.82) is 0 Å². The zero-order valence-electron chi connectivity index (χ0n) is 11.4. The first-order valence-corrected chi connectivity index (χ1v) is 6.64.